The summed E-state index contributed by atoms with van der Waals surface area (Å²) in [5.41, 5.74) is 1.65. The van der Waals surface area contributed by atoms with Gasteiger partial charge in [-0.05, 0) is 30.7 Å². The minimum atomic E-state index is -0.979. The third-order valence-corrected chi connectivity index (χ3v) is 2.65. The minimum Gasteiger partial charge on any atom is -0.496 e. The molecule has 0 heterocycles. The lowest BCUT2D eigenvalue weighted by molar-refractivity contribution is -0.131. The summed E-state index contributed by atoms with van der Waals surface area (Å²) < 4.78 is 15.9. The van der Waals surface area contributed by atoms with Crippen LogP contribution in [-0.2, 0) is 20.9 Å². The van der Waals surface area contributed by atoms with Gasteiger partial charge in [-0.25, -0.2) is 4.79 Å². The third-order valence-electron chi connectivity index (χ3n) is 2.65. The Labute approximate surface area is 118 Å². The van der Waals surface area contributed by atoms with Crippen molar-refractivity contribution < 1.29 is 24.1 Å². The van der Waals surface area contributed by atoms with E-state index in [9.17, 15) is 4.79 Å². The Balaban J connectivity index is 2.80. The summed E-state index contributed by atoms with van der Waals surface area (Å²) in [6, 6.07) is 5.43. The van der Waals surface area contributed by atoms with E-state index in [2.05, 4.69) is 0 Å². The first kappa shape index (κ1) is 16.2. The molecule has 0 saturated heterocycles. The van der Waals surface area contributed by atoms with Gasteiger partial charge in [0.05, 0.1) is 26.4 Å². The van der Waals surface area contributed by atoms with Gasteiger partial charge in [-0.15, -0.1) is 0 Å². The van der Waals surface area contributed by atoms with Crippen LogP contribution in [0.1, 0.15) is 18.1 Å². The summed E-state index contributed by atoms with van der Waals surface area (Å²) >= 11 is 0. The number of hydrogen-bond donors (Lipinski definition) is 1. The Morgan fingerprint density at radius 3 is 2.75 bits per heavy atom. The number of ether oxygens (including phenoxy) is 3. The van der Waals surface area contributed by atoms with Crippen LogP contribution in [0.5, 0.6) is 5.75 Å². The maximum Gasteiger partial charge on any atom is 0.328 e. The van der Waals surface area contributed by atoms with Crippen LogP contribution in [0.4, 0.5) is 0 Å². The Morgan fingerprint density at radius 2 is 2.15 bits per heavy atom. The monoisotopic (exact) mass is 280 g/mol. The molecule has 0 aliphatic rings. The van der Waals surface area contributed by atoms with Gasteiger partial charge >= 0.3 is 5.97 Å². The molecule has 0 aliphatic heterocycles. The molecule has 0 amide bonds. The SMILES string of the molecule is COCC(C)OCc1cc(C=CC(=O)O)ccc1OC. The van der Waals surface area contributed by atoms with Crippen LogP contribution in [0.2, 0.25) is 0 Å². The zero-order valence-electron chi connectivity index (χ0n) is 12.0. The van der Waals surface area contributed by atoms with Gasteiger partial charge in [-0.3, -0.25) is 0 Å². The summed E-state index contributed by atoms with van der Waals surface area (Å²) in [7, 11) is 3.21. The normalized spacial score (nSPS) is 12.6. The first-order valence-electron chi connectivity index (χ1n) is 6.25. The van der Waals surface area contributed by atoms with Crippen molar-refractivity contribution in [2.45, 2.75) is 19.6 Å². The molecule has 1 aromatic carbocycles. The molecule has 1 N–H and O–H groups in total. The van der Waals surface area contributed by atoms with E-state index >= 15 is 0 Å². The fourth-order valence-corrected chi connectivity index (χ4v) is 1.70. The summed E-state index contributed by atoms with van der Waals surface area (Å²) in [4.78, 5) is 10.5. The van der Waals surface area contributed by atoms with E-state index in [1.807, 2.05) is 13.0 Å². The highest BCUT2D eigenvalue weighted by molar-refractivity contribution is 5.85. The second-order valence-electron chi connectivity index (χ2n) is 4.32. The van der Waals surface area contributed by atoms with Crippen LogP contribution >= 0.6 is 0 Å². The molecule has 0 aromatic heterocycles. The number of carboxylic acids is 1. The van der Waals surface area contributed by atoms with Gasteiger partial charge in [0.15, 0.2) is 0 Å². The molecule has 0 fully saturated rings. The van der Waals surface area contributed by atoms with Crippen LogP contribution in [0.25, 0.3) is 6.08 Å². The van der Waals surface area contributed by atoms with Crippen LogP contribution in [0, 0.1) is 0 Å². The first-order valence-corrected chi connectivity index (χ1v) is 6.25. The number of aliphatic carboxylic acids is 1. The Hall–Kier alpha value is -1.85. The second-order valence-corrected chi connectivity index (χ2v) is 4.32. The van der Waals surface area contributed by atoms with E-state index < -0.39 is 5.97 Å². The van der Waals surface area contributed by atoms with E-state index in [1.54, 1.807) is 26.4 Å². The average molecular weight is 280 g/mol. The molecule has 5 heteroatoms. The Morgan fingerprint density at radius 1 is 1.40 bits per heavy atom. The lowest BCUT2D eigenvalue weighted by Crippen LogP contribution is -2.14. The molecule has 0 aliphatic carbocycles. The van der Waals surface area contributed by atoms with Gasteiger partial charge in [-0.2, -0.15) is 0 Å². The van der Waals surface area contributed by atoms with Crippen molar-refractivity contribution in [3.05, 3.63) is 35.4 Å². The molecular weight excluding hydrogens is 260 g/mol. The molecule has 5 nitrogen and oxygen atoms in total. The maximum atomic E-state index is 10.5. The van der Waals surface area contributed by atoms with E-state index in [0.717, 1.165) is 17.2 Å². The zero-order chi connectivity index (χ0) is 15.0. The molecule has 1 atom stereocenters. The molecule has 0 saturated carbocycles. The third kappa shape index (κ3) is 5.42. The average Bonchev–Trinajstić information content (AvgIpc) is 2.43. The molecule has 0 spiro atoms. The Kier molecular flexibility index (Phi) is 6.76. The largest absolute Gasteiger partial charge is 0.496 e. The molecule has 20 heavy (non-hydrogen) atoms. The van der Waals surface area contributed by atoms with Gasteiger partial charge in [0.2, 0.25) is 0 Å². The van der Waals surface area contributed by atoms with Crippen LogP contribution < -0.4 is 4.74 Å². The standard InChI is InChI=1S/C15H20O5/c1-11(9-18-2)20-10-13-8-12(5-7-15(16)17)4-6-14(13)19-3/h4-8,11H,9-10H2,1-3H3,(H,16,17). The number of benzene rings is 1. The van der Waals surface area contributed by atoms with Gasteiger partial charge in [0, 0.05) is 18.7 Å². The van der Waals surface area contributed by atoms with Crippen molar-refractivity contribution in [2.75, 3.05) is 20.8 Å². The van der Waals surface area contributed by atoms with Crippen LogP contribution in [-0.4, -0.2) is 38.0 Å². The molecule has 1 unspecified atom stereocenters. The van der Waals surface area contributed by atoms with E-state index in [-0.39, 0.29) is 6.10 Å². The zero-order valence-corrected chi connectivity index (χ0v) is 12.0. The topological polar surface area (TPSA) is 65.0 Å². The van der Waals surface area contributed by atoms with E-state index in [0.29, 0.717) is 19.0 Å². The molecule has 0 bridgehead atoms. The molecule has 1 rings (SSSR count). The lowest BCUT2D eigenvalue weighted by atomic mass is 10.1. The van der Waals surface area contributed by atoms with Crippen molar-refractivity contribution in [1.29, 1.82) is 0 Å². The van der Waals surface area contributed by atoms with Gasteiger partial charge < -0.3 is 19.3 Å². The predicted molar refractivity (Wildman–Crippen MR) is 75.8 cm³/mol. The second kappa shape index (κ2) is 8.35. The highest BCUT2D eigenvalue weighted by atomic mass is 16.5. The smallest absolute Gasteiger partial charge is 0.328 e. The molecular formula is C15H20O5. The van der Waals surface area contributed by atoms with Crippen molar-refractivity contribution in [3.8, 4) is 5.75 Å². The maximum absolute atomic E-state index is 10.5. The lowest BCUT2D eigenvalue weighted by Gasteiger charge is -2.14. The van der Waals surface area contributed by atoms with Gasteiger partial charge in [-0.1, -0.05) is 6.07 Å². The van der Waals surface area contributed by atoms with Gasteiger partial charge in [0.1, 0.15) is 5.75 Å². The van der Waals surface area contributed by atoms with Crippen molar-refractivity contribution >= 4 is 12.0 Å². The highest BCUT2D eigenvalue weighted by Crippen LogP contribution is 2.22. The number of hydrogen-bond acceptors (Lipinski definition) is 4. The number of carbonyl (C=O) groups is 1. The van der Waals surface area contributed by atoms with Crippen molar-refractivity contribution in [3.63, 3.8) is 0 Å². The highest BCUT2D eigenvalue weighted by Gasteiger charge is 2.07. The minimum absolute atomic E-state index is 0.0251. The molecule has 110 valence electrons. The molecule has 0 radical (unpaired) electrons. The van der Waals surface area contributed by atoms with Gasteiger partial charge in [0.25, 0.3) is 0 Å². The summed E-state index contributed by atoms with van der Waals surface area (Å²) in [5, 5.41) is 8.63. The van der Waals surface area contributed by atoms with Crippen LogP contribution in [0.15, 0.2) is 24.3 Å². The van der Waals surface area contributed by atoms with E-state index in [1.165, 1.54) is 6.08 Å². The molecule has 1 aromatic rings. The quantitative estimate of drug-likeness (QED) is 0.740. The fourth-order valence-electron chi connectivity index (χ4n) is 1.70. The van der Waals surface area contributed by atoms with E-state index in [4.69, 9.17) is 19.3 Å². The van der Waals surface area contributed by atoms with Crippen molar-refractivity contribution in [1.82, 2.24) is 0 Å². The number of methoxy groups -OCH3 is 2. The fraction of sp³-hybridized carbons (Fsp3) is 0.400. The number of rotatable bonds is 8. The summed E-state index contributed by atoms with van der Waals surface area (Å²) in [6.07, 6.45) is 2.60. The predicted octanol–water partition coefficient (Wildman–Crippen LogP) is 2.34. The number of carboxylic acid groups (broad SMARTS) is 1. The van der Waals surface area contributed by atoms with Crippen LogP contribution in [0.3, 0.4) is 0 Å². The first-order chi connectivity index (χ1) is 9.56. The summed E-state index contributed by atoms with van der Waals surface area (Å²) in [6.45, 7) is 2.81. The van der Waals surface area contributed by atoms with Crippen molar-refractivity contribution in [2.24, 2.45) is 0 Å². The Bertz CT molecular complexity index is 467. The summed E-state index contributed by atoms with van der Waals surface area (Å²) in [5.74, 6) is -0.269.